The number of ether oxygens (including phenoxy) is 1. The minimum absolute atomic E-state index is 0.00736. The van der Waals surface area contributed by atoms with Crippen LogP contribution in [0.1, 0.15) is 71.4 Å². The molecule has 0 saturated carbocycles. The number of phosphoric ester groups is 1. The maximum atomic E-state index is 15.8. The number of fused-ring (bicyclic) bond motifs is 1. The van der Waals surface area contributed by atoms with Crippen LogP contribution >= 0.6 is 7.82 Å². The molecule has 0 aliphatic carbocycles. The zero-order valence-electron chi connectivity index (χ0n) is 23.6. The van der Waals surface area contributed by atoms with Crippen molar-refractivity contribution in [1.29, 1.82) is 0 Å². The van der Waals surface area contributed by atoms with Crippen molar-refractivity contribution in [2.75, 3.05) is 6.61 Å². The number of hydrogen-bond acceptors (Lipinski definition) is 9. The maximum absolute atomic E-state index is 15.8. The largest absolute Gasteiger partial charge is 0.530 e. The number of aliphatic hydroxyl groups is 2. The van der Waals surface area contributed by atoms with Crippen LogP contribution in [0.25, 0.3) is 0 Å². The van der Waals surface area contributed by atoms with E-state index in [0.717, 1.165) is 6.20 Å². The van der Waals surface area contributed by atoms with Gasteiger partial charge >= 0.3 is 13.5 Å². The number of phosphoric acid groups is 1. The number of nitrogens with zero attached hydrogens (tertiary/aromatic N) is 1. The van der Waals surface area contributed by atoms with E-state index < -0.39 is 73.2 Å². The van der Waals surface area contributed by atoms with Gasteiger partial charge in [0.15, 0.2) is 6.20 Å². The quantitative estimate of drug-likeness (QED) is 0.467. The molecule has 14 heteroatoms. The van der Waals surface area contributed by atoms with E-state index in [1.165, 1.54) is 6.92 Å². The van der Waals surface area contributed by atoms with Crippen molar-refractivity contribution >= 4 is 7.82 Å². The molecule has 2 aliphatic rings. The van der Waals surface area contributed by atoms with E-state index in [2.05, 4.69) is 0 Å². The van der Waals surface area contributed by atoms with Crippen molar-refractivity contribution in [3.05, 3.63) is 61.2 Å². The lowest BCUT2D eigenvalue weighted by Gasteiger charge is -2.34. The summed E-state index contributed by atoms with van der Waals surface area (Å²) in [7, 11) is -4.65. The van der Waals surface area contributed by atoms with Gasteiger partial charge < -0.3 is 19.5 Å². The smallest absolute Gasteiger partial charge is 0.403 e. The zero-order chi connectivity index (χ0) is 30.2. The Morgan fingerprint density at radius 3 is 2.44 bits per heavy atom. The molecule has 1 unspecified atom stereocenters. The molecule has 2 aliphatic heterocycles. The summed E-state index contributed by atoms with van der Waals surface area (Å²) < 4.78 is 74.5. The molecule has 1 fully saturated rings. The standard InChI is InChI=1S/C25H33F2N2O9P/c1-12-9-29(22(33)28-20(12)32)21-17(30)19(31)25(27,37-21)11-36-39(34)35-10-13-16(26)14(23(2,3)4)8-15(18(13)38-39)24(5,6)7/h8-9,17,19,21,30-31H,10-11H2,1-7H3,(H,28,32,33)/t17-,19+,21-,25-,39?/m1/s1/i21D. The predicted molar refractivity (Wildman–Crippen MR) is 135 cm³/mol. The fraction of sp³-hybridized carbons (Fsp3) is 0.600. The number of benzene rings is 1. The third-order valence-corrected chi connectivity index (χ3v) is 7.84. The van der Waals surface area contributed by atoms with Gasteiger partial charge in [0, 0.05) is 17.3 Å². The number of rotatable bonds is 4. The van der Waals surface area contributed by atoms with Crippen molar-refractivity contribution in [1.82, 2.24) is 9.55 Å². The highest BCUT2D eigenvalue weighted by molar-refractivity contribution is 7.49. The van der Waals surface area contributed by atoms with E-state index in [-0.39, 0.29) is 16.9 Å². The van der Waals surface area contributed by atoms with Gasteiger partial charge in [0.1, 0.15) is 30.4 Å². The number of hydrogen-bond donors (Lipinski definition) is 3. The van der Waals surface area contributed by atoms with Gasteiger partial charge in [0.25, 0.3) is 11.4 Å². The number of alkyl halides is 1. The SMILES string of the molecule is [2H][C@@]1(n2cc(C)c(=O)[nH]c2=O)O[C@](F)(COP2(=O)OCc3c(F)c(C(C)(C)C)cc(C(C)(C)C)c3O2)[C@@H](O)[C@H]1O. The molecular weight excluding hydrogens is 541 g/mol. The Morgan fingerprint density at radius 2 is 1.85 bits per heavy atom. The fourth-order valence-corrected chi connectivity index (χ4v) is 5.48. The molecule has 1 aromatic carbocycles. The number of aromatic amines is 1. The number of aryl methyl sites for hydroxylation is 1. The molecule has 5 atom stereocenters. The zero-order valence-corrected chi connectivity index (χ0v) is 23.5. The highest BCUT2D eigenvalue weighted by Gasteiger charge is 2.58. The van der Waals surface area contributed by atoms with Gasteiger partial charge in [-0.3, -0.25) is 23.4 Å². The van der Waals surface area contributed by atoms with Crippen molar-refractivity contribution in [2.24, 2.45) is 0 Å². The number of aromatic nitrogens is 2. The molecule has 1 aromatic heterocycles. The summed E-state index contributed by atoms with van der Waals surface area (Å²) in [4.78, 5) is 25.9. The molecule has 39 heavy (non-hydrogen) atoms. The highest BCUT2D eigenvalue weighted by Crippen LogP contribution is 2.58. The van der Waals surface area contributed by atoms with Gasteiger partial charge in [-0.1, -0.05) is 41.5 Å². The first-order valence-electron chi connectivity index (χ1n) is 12.7. The van der Waals surface area contributed by atoms with Gasteiger partial charge in [-0.2, -0.15) is 0 Å². The van der Waals surface area contributed by atoms with Crippen LogP contribution in [0.3, 0.4) is 0 Å². The van der Waals surface area contributed by atoms with Crippen LogP contribution in [0.4, 0.5) is 8.78 Å². The normalized spacial score (nSPS) is 31.5. The van der Waals surface area contributed by atoms with Crippen molar-refractivity contribution in [2.45, 2.75) is 90.2 Å². The Bertz CT molecular complexity index is 1520. The van der Waals surface area contributed by atoms with E-state index in [9.17, 15) is 24.4 Å². The molecule has 3 N–H and O–H groups in total. The van der Waals surface area contributed by atoms with Crippen LogP contribution in [-0.4, -0.2) is 44.4 Å². The molecular formula is C25H33F2N2O9P. The molecule has 216 valence electrons. The third kappa shape index (κ3) is 5.36. The Morgan fingerprint density at radius 1 is 1.23 bits per heavy atom. The minimum atomic E-state index is -4.65. The molecule has 3 heterocycles. The number of H-pyrrole nitrogens is 1. The number of halogens is 2. The summed E-state index contributed by atoms with van der Waals surface area (Å²) >= 11 is 0. The fourth-order valence-electron chi connectivity index (χ4n) is 4.25. The summed E-state index contributed by atoms with van der Waals surface area (Å²) in [5, 5.41) is 20.9. The molecule has 0 radical (unpaired) electrons. The van der Waals surface area contributed by atoms with Crippen LogP contribution < -0.4 is 15.8 Å². The van der Waals surface area contributed by atoms with Crippen molar-refractivity contribution in [3.63, 3.8) is 0 Å². The molecule has 0 bridgehead atoms. The summed E-state index contributed by atoms with van der Waals surface area (Å²) in [5.41, 5.74) is -2.34. The second kappa shape index (κ2) is 9.60. The molecule has 2 aromatic rings. The van der Waals surface area contributed by atoms with Crippen LogP contribution in [0, 0.1) is 12.7 Å². The maximum Gasteiger partial charge on any atom is 0.530 e. The number of aliphatic hydroxyl groups excluding tert-OH is 2. The third-order valence-electron chi connectivity index (χ3n) is 6.54. The molecule has 0 spiro atoms. The van der Waals surface area contributed by atoms with Crippen LogP contribution in [0.15, 0.2) is 21.9 Å². The van der Waals surface area contributed by atoms with Gasteiger partial charge in [-0.05, 0) is 29.4 Å². The van der Waals surface area contributed by atoms with E-state index in [1.807, 2.05) is 46.5 Å². The first kappa shape index (κ1) is 28.1. The highest BCUT2D eigenvalue weighted by atomic mass is 31.2. The summed E-state index contributed by atoms with van der Waals surface area (Å²) in [6.07, 6.45) is -6.90. The van der Waals surface area contributed by atoms with Crippen LogP contribution in [0.5, 0.6) is 5.75 Å². The molecule has 11 nitrogen and oxygen atoms in total. The Labute approximate surface area is 224 Å². The minimum Gasteiger partial charge on any atom is -0.403 e. The molecule has 0 amide bonds. The monoisotopic (exact) mass is 575 g/mol. The Balaban J connectivity index is 1.65. The van der Waals surface area contributed by atoms with E-state index in [4.69, 9.17) is 19.7 Å². The lowest BCUT2D eigenvalue weighted by Crippen LogP contribution is -2.43. The average Bonchev–Trinajstić information content (AvgIpc) is 2.99. The van der Waals surface area contributed by atoms with Crippen molar-refractivity contribution in [3.8, 4) is 5.75 Å². The lowest BCUT2D eigenvalue weighted by molar-refractivity contribution is -0.205. The van der Waals surface area contributed by atoms with Gasteiger partial charge in [-0.15, -0.1) is 0 Å². The second-order valence-corrected chi connectivity index (χ2v) is 13.3. The second-order valence-electron chi connectivity index (χ2n) is 11.7. The van der Waals surface area contributed by atoms with Crippen LogP contribution in [0.2, 0.25) is 0 Å². The molecule has 1 saturated heterocycles. The molecule has 4 rings (SSSR count). The summed E-state index contributed by atoms with van der Waals surface area (Å²) in [6, 6.07) is 1.61. The van der Waals surface area contributed by atoms with Gasteiger partial charge in [0.05, 0.1) is 13.5 Å². The number of nitrogens with one attached hydrogen (secondary N) is 1. The van der Waals surface area contributed by atoms with E-state index in [0.29, 0.717) is 15.7 Å². The topological polar surface area (TPSA) is 149 Å². The van der Waals surface area contributed by atoms with Crippen molar-refractivity contribution < 1.29 is 43.2 Å². The van der Waals surface area contributed by atoms with Gasteiger partial charge in [-0.25, -0.2) is 18.1 Å². The Kier molecular flexibility index (Phi) is 6.93. The van der Waals surface area contributed by atoms with E-state index in [1.54, 1.807) is 6.07 Å². The summed E-state index contributed by atoms with van der Waals surface area (Å²) in [6.45, 7) is 10.4. The first-order chi connectivity index (χ1) is 18.1. The van der Waals surface area contributed by atoms with E-state index >= 15 is 8.78 Å². The van der Waals surface area contributed by atoms with Crippen LogP contribution in [-0.2, 0) is 35.8 Å². The van der Waals surface area contributed by atoms with Gasteiger partial charge in [0.2, 0.25) is 0 Å². The summed E-state index contributed by atoms with van der Waals surface area (Å²) in [5.74, 6) is -4.08. The predicted octanol–water partition coefficient (Wildman–Crippen LogP) is 3.23. The lowest BCUT2D eigenvalue weighted by atomic mass is 9.78. The average molecular weight is 576 g/mol. The Hall–Kier alpha value is -2.41. The first-order valence-corrected chi connectivity index (χ1v) is 13.6.